The van der Waals surface area contributed by atoms with E-state index in [0.717, 1.165) is 50.1 Å². The monoisotopic (exact) mass is 604 g/mol. The minimum atomic E-state index is -2.95. The van der Waals surface area contributed by atoms with E-state index in [0.29, 0.717) is 13.0 Å². The van der Waals surface area contributed by atoms with Crippen LogP contribution in [0.5, 0.6) is 5.75 Å². The average molecular weight is 605 g/mol. The van der Waals surface area contributed by atoms with Gasteiger partial charge in [0.15, 0.2) is 9.84 Å². The van der Waals surface area contributed by atoms with Crippen molar-refractivity contribution in [1.29, 1.82) is 0 Å². The number of rotatable bonds is 8. The van der Waals surface area contributed by atoms with Gasteiger partial charge in [-0.3, -0.25) is 4.79 Å². The minimum Gasteiger partial charge on any atom is -0.489 e. The van der Waals surface area contributed by atoms with E-state index in [1.165, 1.54) is 15.9 Å². The van der Waals surface area contributed by atoms with Crippen molar-refractivity contribution in [2.75, 3.05) is 11.5 Å². The number of carbonyl (C=O) groups is 1. The van der Waals surface area contributed by atoms with E-state index in [1.54, 1.807) is 18.3 Å². The van der Waals surface area contributed by atoms with Crippen molar-refractivity contribution in [3.8, 4) is 22.1 Å². The SMILES string of the molecule is CC#SC(C)(CC(=O)O)c1ccc(COc2ccc3scc(-c4ccc(C5=CCS(=O)(=O)CC5)cc4C)c3c2)cc1. The van der Waals surface area contributed by atoms with Crippen molar-refractivity contribution >= 4 is 54.0 Å². The van der Waals surface area contributed by atoms with Crippen LogP contribution in [0.15, 0.2) is 72.1 Å². The van der Waals surface area contributed by atoms with Gasteiger partial charge in [0.1, 0.15) is 12.4 Å². The maximum Gasteiger partial charge on any atom is 0.305 e. The number of aryl methyl sites for hydroxylation is 1. The molecular formula is C33H32O5S3. The van der Waals surface area contributed by atoms with Gasteiger partial charge in [-0.25, -0.2) is 8.42 Å². The Morgan fingerprint density at radius 1 is 1.10 bits per heavy atom. The number of fused-ring (bicyclic) bond motifs is 1. The Hall–Kier alpha value is -3.42. The summed E-state index contributed by atoms with van der Waals surface area (Å²) < 4.78 is 30.4. The fourth-order valence-corrected chi connectivity index (χ4v) is 8.24. The third-order valence-electron chi connectivity index (χ3n) is 7.48. The summed E-state index contributed by atoms with van der Waals surface area (Å²) in [4.78, 5) is 11.4. The van der Waals surface area contributed by atoms with E-state index in [2.05, 4.69) is 47.8 Å². The van der Waals surface area contributed by atoms with Gasteiger partial charge in [0.25, 0.3) is 0 Å². The average Bonchev–Trinajstić information content (AvgIpc) is 3.35. The number of carboxylic acids is 1. The van der Waals surface area contributed by atoms with Gasteiger partial charge in [-0.05, 0) is 84.2 Å². The predicted molar refractivity (Wildman–Crippen MR) is 171 cm³/mol. The Balaban J connectivity index is 1.34. The molecule has 0 aliphatic carbocycles. The number of benzene rings is 3. The molecule has 1 unspecified atom stereocenters. The van der Waals surface area contributed by atoms with Crippen LogP contribution in [0.3, 0.4) is 0 Å². The fourth-order valence-electron chi connectivity index (χ4n) is 5.24. The van der Waals surface area contributed by atoms with Crippen LogP contribution in [0.4, 0.5) is 0 Å². The van der Waals surface area contributed by atoms with Crippen LogP contribution >= 0.6 is 22.5 Å². The zero-order valence-electron chi connectivity index (χ0n) is 23.3. The number of sulfone groups is 1. The first kappa shape index (κ1) is 29.1. The minimum absolute atomic E-state index is 0.0156. The topological polar surface area (TPSA) is 80.7 Å². The number of hydrogen-bond acceptors (Lipinski definition) is 5. The summed E-state index contributed by atoms with van der Waals surface area (Å²) >= 11 is 3.10. The lowest BCUT2D eigenvalue weighted by Crippen LogP contribution is -2.19. The maximum absolute atomic E-state index is 11.8. The lowest BCUT2D eigenvalue weighted by atomic mass is 9.94. The molecule has 8 heteroatoms. The number of aliphatic carboxylic acids is 1. The molecule has 1 aromatic heterocycles. The zero-order valence-corrected chi connectivity index (χ0v) is 25.7. The summed E-state index contributed by atoms with van der Waals surface area (Å²) in [6.45, 7) is 6.22. The molecule has 0 saturated heterocycles. The molecule has 0 saturated carbocycles. The van der Waals surface area contributed by atoms with E-state index in [1.807, 2.05) is 43.3 Å². The number of ether oxygens (including phenoxy) is 1. The highest BCUT2D eigenvalue weighted by Crippen LogP contribution is 2.39. The Kier molecular flexibility index (Phi) is 8.39. The third kappa shape index (κ3) is 6.57. The van der Waals surface area contributed by atoms with Gasteiger partial charge in [-0.2, -0.15) is 0 Å². The maximum atomic E-state index is 11.8. The van der Waals surface area contributed by atoms with Gasteiger partial charge in [-0.1, -0.05) is 53.7 Å². The van der Waals surface area contributed by atoms with Crippen molar-refractivity contribution in [3.63, 3.8) is 0 Å². The van der Waals surface area contributed by atoms with E-state index >= 15 is 0 Å². The second-order valence-corrected chi connectivity index (χ2v) is 15.2. The lowest BCUT2D eigenvalue weighted by molar-refractivity contribution is -0.137. The highest BCUT2D eigenvalue weighted by molar-refractivity contribution is 7.91. The van der Waals surface area contributed by atoms with Gasteiger partial charge in [0.2, 0.25) is 0 Å². The van der Waals surface area contributed by atoms with Gasteiger partial charge < -0.3 is 9.84 Å². The molecule has 0 fully saturated rings. The molecule has 0 spiro atoms. The zero-order chi connectivity index (χ0) is 29.2. The van der Waals surface area contributed by atoms with E-state index in [9.17, 15) is 18.3 Å². The van der Waals surface area contributed by atoms with Gasteiger partial charge in [0.05, 0.1) is 22.7 Å². The molecule has 0 radical (unpaired) electrons. The first-order valence-corrected chi connectivity index (χ1v) is 16.9. The Morgan fingerprint density at radius 3 is 2.54 bits per heavy atom. The molecule has 2 heterocycles. The molecule has 41 heavy (non-hydrogen) atoms. The molecule has 1 aliphatic heterocycles. The Bertz CT molecular complexity index is 1820. The smallest absolute Gasteiger partial charge is 0.305 e. The molecular weight excluding hydrogens is 573 g/mol. The highest BCUT2D eigenvalue weighted by Gasteiger charge is 2.27. The largest absolute Gasteiger partial charge is 0.489 e. The Morgan fingerprint density at radius 2 is 1.88 bits per heavy atom. The lowest BCUT2D eigenvalue weighted by Gasteiger charge is -2.22. The molecule has 1 atom stereocenters. The summed E-state index contributed by atoms with van der Waals surface area (Å²) in [5, 5.41) is 15.7. The van der Waals surface area contributed by atoms with Crippen LogP contribution in [-0.2, 0) is 26.0 Å². The van der Waals surface area contributed by atoms with Gasteiger partial charge in [-0.15, -0.1) is 22.5 Å². The number of carboxylic acid groups (broad SMARTS) is 1. The van der Waals surface area contributed by atoms with Crippen LogP contribution in [-0.4, -0.2) is 31.0 Å². The van der Waals surface area contributed by atoms with Crippen LogP contribution in [0, 0.1) is 12.1 Å². The molecule has 0 amide bonds. The van der Waals surface area contributed by atoms with Gasteiger partial charge >= 0.3 is 5.97 Å². The van der Waals surface area contributed by atoms with Crippen molar-refractivity contribution in [1.82, 2.24) is 0 Å². The van der Waals surface area contributed by atoms with Crippen molar-refractivity contribution in [2.24, 2.45) is 0 Å². The van der Waals surface area contributed by atoms with E-state index in [-0.39, 0.29) is 17.9 Å². The standard InChI is InChI=1S/C33H32O5S3/c1-4-40-33(3,19-32(34)35)26-8-5-23(6-9-26)20-38-27-10-12-31-29(18-27)30(21-39-31)28-11-7-25(17-22(28)2)24-13-15-41(36,37)16-14-24/h5-13,17-18,21H,14-16,19-20H2,1-3H3,(H,34,35). The summed E-state index contributed by atoms with van der Waals surface area (Å²) in [6.07, 6.45) is 2.42. The normalized spacial score (nSPS) is 15.9. The fraction of sp³-hybridized carbons (Fsp3) is 0.273. The van der Waals surface area contributed by atoms with Crippen molar-refractivity contribution in [2.45, 2.75) is 45.0 Å². The third-order valence-corrected chi connectivity index (χ3v) is 11.0. The number of hydrogen-bond donors (Lipinski definition) is 1. The predicted octanol–water partition coefficient (Wildman–Crippen LogP) is 8.06. The second kappa shape index (κ2) is 11.8. The summed E-state index contributed by atoms with van der Waals surface area (Å²) in [7, 11) is -2.95. The first-order chi connectivity index (χ1) is 19.6. The van der Waals surface area contributed by atoms with Crippen molar-refractivity contribution < 1.29 is 23.1 Å². The summed E-state index contributed by atoms with van der Waals surface area (Å²) in [6, 6.07) is 20.5. The van der Waals surface area contributed by atoms with Crippen LogP contribution in [0.25, 0.3) is 26.8 Å². The number of thiophene rings is 1. The van der Waals surface area contributed by atoms with Crippen LogP contribution < -0.4 is 4.74 Å². The Labute approximate surface area is 249 Å². The molecule has 4 aromatic rings. The van der Waals surface area contributed by atoms with Crippen LogP contribution in [0.2, 0.25) is 0 Å². The highest BCUT2D eigenvalue weighted by atomic mass is 32.2. The summed E-state index contributed by atoms with van der Waals surface area (Å²) in [5.74, 6) is 0.271. The molecule has 5 rings (SSSR count). The molecule has 5 nitrogen and oxygen atoms in total. The second-order valence-electron chi connectivity index (χ2n) is 10.5. The van der Waals surface area contributed by atoms with Gasteiger partial charge in [0, 0.05) is 15.6 Å². The summed E-state index contributed by atoms with van der Waals surface area (Å²) in [5.41, 5.74) is 7.59. The first-order valence-electron chi connectivity index (χ1n) is 13.4. The molecule has 212 valence electrons. The van der Waals surface area contributed by atoms with Crippen LogP contribution in [0.1, 0.15) is 48.9 Å². The molecule has 3 aromatic carbocycles. The van der Waals surface area contributed by atoms with Crippen molar-refractivity contribution in [3.05, 3.63) is 94.4 Å². The van der Waals surface area contributed by atoms with E-state index < -0.39 is 20.6 Å². The van der Waals surface area contributed by atoms with E-state index in [4.69, 9.17) is 4.74 Å². The number of allylic oxidation sites excluding steroid dienone is 1. The quantitative estimate of drug-likeness (QED) is 0.220. The molecule has 0 bridgehead atoms. The molecule has 1 aliphatic rings. The molecule has 1 N–H and O–H groups in total.